The summed E-state index contributed by atoms with van der Waals surface area (Å²) < 4.78 is 5.66. The summed E-state index contributed by atoms with van der Waals surface area (Å²) >= 11 is 0. The molecule has 33 heavy (non-hydrogen) atoms. The molecule has 0 unspecified atom stereocenters. The van der Waals surface area contributed by atoms with Crippen LogP contribution < -0.4 is 0 Å². The number of rotatable bonds is 30. The fraction of sp³-hybridized carbons (Fsp3) is 0.969. The van der Waals surface area contributed by atoms with Gasteiger partial charge in [-0.1, -0.05) is 181 Å². The first kappa shape index (κ1) is 33.0. The molecule has 1 radical (unpaired) electrons. The normalized spacial score (nSPS) is 11.5. The molecule has 0 aromatic carbocycles. The quantitative estimate of drug-likeness (QED) is 0.0958. The molecule has 0 spiro atoms. The fourth-order valence-corrected chi connectivity index (χ4v) is 4.79. The summed E-state index contributed by atoms with van der Waals surface area (Å²) in [5.41, 5.74) is 0. The lowest BCUT2D eigenvalue weighted by atomic mass is 10.0. The van der Waals surface area contributed by atoms with Crippen LogP contribution in [0, 0.1) is 6.61 Å². The zero-order valence-corrected chi connectivity index (χ0v) is 23.5. The average Bonchev–Trinajstić information content (AvgIpc) is 2.83. The first-order valence-electron chi connectivity index (χ1n) is 15.8. The molecule has 1 nitrogen and oxygen atoms in total. The molecule has 0 aromatic heterocycles. The molecule has 0 fully saturated rings. The number of hydrogen-bond donors (Lipinski definition) is 0. The molecule has 0 saturated heterocycles. The maximum Gasteiger partial charge on any atom is 0.0836 e. The van der Waals surface area contributed by atoms with Crippen molar-refractivity contribution in [2.75, 3.05) is 6.61 Å². The van der Waals surface area contributed by atoms with Crippen LogP contribution in [-0.2, 0) is 4.74 Å². The van der Waals surface area contributed by atoms with Crippen LogP contribution >= 0.6 is 0 Å². The lowest BCUT2D eigenvalue weighted by molar-refractivity contribution is 0.183. The smallest absolute Gasteiger partial charge is 0.0836 e. The Morgan fingerprint density at radius 1 is 0.333 bits per heavy atom. The Morgan fingerprint density at radius 3 is 0.939 bits per heavy atom. The molecule has 0 aliphatic heterocycles. The summed E-state index contributed by atoms with van der Waals surface area (Å²) in [5.74, 6) is 0. The van der Waals surface area contributed by atoms with Crippen LogP contribution in [0.25, 0.3) is 0 Å². The van der Waals surface area contributed by atoms with E-state index in [0.29, 0.717) is 0 Å². The van der Waals surface area contributed by atoms with E-state index < -0.39 is 0 Å². The third kappa shape index (κ3) is 32.0. The van der Waals surface area contributed by atoms with Crippen molar-refractivity contribution >= 4 is 0 Å². The van der Waals surface area contributed by atoms with E-state index in [-0.39, 0.29) is 0 Å². The van der Waals surface area contributed by atoms with Gasteiger partial charge in [-0.2, -0.15) is 0 Å². The Balaban J connectivity index is 2.99. The van der Waals surface area contributed by atoms with Crippen molar-refractivity contribution in [1.29, 1.82) is 0 Å². The molecule has 199 valence electrons. The Kier molecular flexibility index (Phi) is 31.9. The van der Waals surface area contributed by atoms with Gasteiger partial charge in [0, 0.05) is 6.61 Å². The van der Waals surface area contributed by atoms with Gasteiger partial charge in [-0.05, 0) is 12.8 Å². The second-order valence-electron chi connectivity index (χ2n) is 10.7. The van der Waals surface area contributed by atoms with Gasteiger partial charge in [-0.3, -0.25) is 0 Å². The van der Waals surface area contributed by atoms with E-state index in [1.165, 1.54) is 173 Å². The molecule has 1 heteroatoms. The molecule has 0 heterocycles. The second-order valence-corrected chi connectivity index (χ2v) is 10.7. The van der Waals surface area contributed by atoms with Gasteiger partial charge in [0.15, 0.2) is 0 Å². The van der Waals surface area contributed by atoms with Gasteiger partial charge in [-0.15, -0.1) is 0 Å². The summed E-state index contributed by atoms with van der Waals surface area (Å²) in [7, 11) is 0. The lowest BCUT2D eigenvalue weighted by Gasteiger charge is -2.05. The maximum atomic E-state index is 5.66. The van der Waals surface area contributed by atoms with Gasteiger partial charge >= 0.3 is 0 Å². The Morgan fingerprint density at radius 2 is 0.606 bits per heavy atom. The topological polar surface area (TPSA) is 9.23 Å². The van der Waals surface area contributed by atoms with Crippen molar-refractivity contribution in [1.82, 2.24) is 0 Å². The van der Waals surface area contributed by atoms with Gasteiger partial charge in [-0.25, -0.2) is 0 Å². The van der Waals surface area contributed by atoms with Crippen molar-refractivity contribution in [3.05, 3.63) is 6.61 Å². The molecule has 0 bridgehead atoms. The van der Waals surface area contributed by atoms with Crippen molar-refractivity contribution < 1.29 is 4.74 Å². The summed E-state index contributed by atoms with van der Waals surface area (Å²) in [6.07, 6.45) is 39.8. The zero-order chi connectivity index (χ0) is 23.9. The van der Waals surface area contributed by atoms with E-state index in [1.54, 1.807) is 0 Å². The molecular formula is C32H65O. The predicted molar refractivity (Wildman–Crippen MR) is 151 cm³/mol. The molecular weight excluding hydrogens is 400 g/mol. The molecule has 0 atom stereocenters. The van der Waals surface area contributed by atoms with E-state index in [0.717, 1.165) is 13.0 Å². The molecule has 0 N–H and O–H groups in total. The molecule has 0 amide bonds. The molecule has 0 aliphatic carbocycles. The van der Waals surface area contributed by atoms with E-state index in [2.05, 4.69) is 20.5 Å². The standard InChI is InChI=1S/C32H65O/c1-3-5-7-9-11-12-13-14-15-16-17-18-19-20-21-22-23-24-25-26-28-30-32-33-31-29-27-10-8-6-4-2/h32H,3-31H2,1-2H3. The number of unbranched alkanes of at least 4 members (excludes halogenated alkanes) is 26. The van der Waals surface area contributed by atoms with Gasteiger partial charge in [0.05, 0.1) is 6.61 Å². The fourth-order valence-electron chi connectivity index (χ4n) is 4.79. The number of ether oxygens (including phenoxy) is 1. The highest BCUT2D eigenvalue weighted by atomic mass is 16.5. The Labute approximate surface area is 211 Å². The van der Waals surface area contributed by atoms with Gasteiger partial charge < -0.3 is 4.74 Å². The highest BCUT2D eigenvalue weighted by Crippen LogP contribution is 2.15. The minimum Gasteiger partial charge on any atom is -0.376 e. The highest BCUT2D eigenvalue weighted by Gasteiger charge is 1.96. The van der Waals surface area contributed by atoms with Gasteiger partial charge in [0.1, 0.15) is 0 Å². The second kappa shape index (κ2) is 32.0. The summed E-state index contributed by atoms with van der Waals surface area (Å²) in [5, 5.41) is 0. The summed E-state index contributed by atoms with van der Waals surface area (Å²) in [6, 6.07) is 0. The third-order valence-corrected chi connectivity index (χ3v) is 7.16. The van der Waals surface area contributed by atoms with Crippen molar-refractivity contribution in [3.8, 4) is 0 Å². The third-order valence-electron chi connectivity index (χ3n) is 7.16. The molecule has 0 aromatic rings. The maximum absolute atomic E-state index is 5.66. The average molecular weight is 466 g/mol. The van der Waals surface area contributed by atoms with Gasteiger partial charge in [0.25, 0.3) is 0 Å². The van der Waals surface area contributed by atoms with Crippen LogP contribution in [0.15, 0.2) is 0 Å². The Hall–Kier alpha value is -0.0400. The first-order valence-corrected chi connectivity index (χ1v) is 15.8. The van der Waals surface area contributed by atoms with Crippen LogP contribution in [0.1, 0.15) is 194 Å². The van der Waals surface area contributed by atoms with E-state index >= 15 is 0 Å². The SMILES string of the molecule is CCCCCCCCCCCCCCCCCCCCCCC[CH]OCCCCCCCC. The van der Waals surface area contributed by atoms with Crippen molar-refractivity contribution in [3.63, 3.8) is 0 Å². The monoisotopic (exact) mass is 466 g/mol. The summed E-state index contributed by atoms with van der Waals surface area (Å²) in [4.78, 5) is 0. The van der Waals surface area contributed by atoms with E-state index in [4.69, 9.17) is 4.74 Å². The van der Waals surface area contributed by atoms with Crippen LogP contribution in [-0.4, -0.2) is 6.61 Å². The lowest BCUT2D eigenvalue weighted by Crippen LogP contribution is -1.92. The predicted octanol–water partition coefficient (Wildman–Crippen LogP) is 12.1. The summed E-state index contributed by atoms with van der Waals surface area (Å²) in [6.45, 7) is 7.59. The molecule has 0 rings (SSSR count). The van der Waals surface area contributed by atoms with Crippen LogP contribution in [0.5, 0.6) is 0 Å². The van der Waals surface area contributed by atoms with Gasteiger partial charge in [0.2, 0.25) is 0 Å². The van der Waals surface area contributed by atoms with E-state index in [9.17, 15) is 0 Å². The van der Waals surface area contributed by atoms with Crippen LogP contribution in [0.2, 0.25) is 0 Å². The van der Waals surface area contributed by atoms with Crippen molar-refractivity contribution in [2.45, 2.75) is 194 Å². The number of hydrogen-bond acceptors (Lipinski definition) is 1. The van der Waals surface area contributed by atoms with Crippen LogP contribution in [0.3, 0.4) is 0 Å². The zero-order valence-electron chi connectivity index (χ0n) is 23.5. The van der Waals surface area contributed by atoms with Crippen LogP contribution in [0.4, 0.5) is 0 Å². The highest BCUT2D eigenvalue weighted by molar-refractivity contribution is 4.54. The Bertz CT molecular complexity index is 284. The van der Waals surface area contributed by atoms with Crippen molar-refractivity contribution in [2.24, 2.45) is 0 Å². The van der Waals surface area contributed by atoms with E-state index in [1.807, 2.05) is 0 Å². The first-order chi connectivity index (χ1) is 16.4. The minimum atomic E-state index is 0.936. The molecule has 0 saturated carbocycles. The largest absolute Gasteiger partial charge is 0.376 e. The molecule has 0 aliphatic rings. The minimum absolute atomic E-state index is 0.936.